The molecule has 0 saturated carbocycles. The Morgan fingerprint density at radius 1 is 1.07 bits per heavy atom. The standard InChI is InChI=1S/C23H24N2O5/c26-21-11-12-22(27)25(21)17-7-5-6-16(14-17)23(28)24-19-9-1-2-10-20(19)30-15-18-8-3-4-13-29-18/h1-2,5-7,9-10,14,18H,3-4,8,11-13,15H2,(H,24,28). The van der Waals surface area contributed by atoms with Crippen molar-refractivity contribution >= 4 is 29.1 Å². The fourth-order valence-corrected chi connectivity index (χ4v) is 3.66. The van der Waals surface area contributed by atoms with Gasteiger partial charge in [-0.25, -0.2) is 0 Å². The summed E-state index contributed by atoms with van der Waals surface area (Å²) in [5, 5.41) is 2.86. The highest BCUT2D eigenvalue weighted by Gasteiger charge is 2.30. The Kier molecular flexibility index (Phi) is 6.09. The van der Waals surface area contributed by atoms with E-state index in [9.17, 15) is 14.4 Å². The average Bonchev–Trinajstić information content (AvgIpc) is 3.12. The summed E-state index contributed by atoms with van der Waals surface area (Å²) in [5.41, 5.74) is 1.32. The van der Waals surface area contributed by atoms with E-state index in [1.807, 2.05) is 12.1 Å². The molecule has 0 aliphatic carbocycles. The Hall–Kier alpha value is -3.19. The molecule has 4 rings (SSSR count). The molecule has 0 aromatic heterocycles. The van der Waals surface area contributed by atoms with E-state index in [0.29, 0.717) is 29.3 Å². The van der Waals surface area contributed by atoms with Crippen molar-refractivity contribution in [3.63, 3.8) is 0 Å². The Morgan fingerprint density at radius 2 is 1.87 bits per heavy atom. The minimum Gasteiger partial charge on any atom is -0.489 e. The molecule has 2 aromatic carbocycles. The van der Waals surface area contributed by atoms with Crippen LogP contribution in [0.2, 0.25) is 0 Å². The van der Waals surface area contributed by atoms with Crippen LogP contribution < -0.4 is 15.0 Å². The summed E-state index contributed by atoms with van der Waals surface area (Å²) < 4.78 is 11.6. The van der Waals surface area contributed by atoms with E-state index in [-0.39, 0.29) is 36.7 Å². The van der Waals surface area contributed by atoms with Crippen LogP contribution in [0, 0.1) is 0 Å². The Balaban J connectivity index is 1.46. The summed E-state index contributed by atoms with van der Waals surface area (Å²) in [6.07, 6.45) is 3.64. The first kappa shape index (κ1) is 20.1. The maximum absolute atomic E-state index is 12.8. The number of ether oxygens (including phenoxy) is 2. The average molecular weight is 408 g/mol. The van der Waals surface area contributed by atoms with Crippen LogP contribution in [0.15, 0.2) is 48.5 Å². The van der Waals surface area contributed by atoms with Crippen molar-refractivity contribution in [2.75, 3.05) is 23.4 Å². The van der Waals surface area contributed by atoms with Crippen LogP contribution >= 0.6 is 0 Å². The van der Waals surface area contributed by atoms with Gasteiger partial charge in [-0.3, -0.25) is 19.3 Å². The van der Waals surface area contributed by atoms with Crippen LogP contribution in [0.1, 0.15) is 42.5 Å². The number of carbonyl (C=O) groups excluding carboxylic acids is 3. The van der Waals surface area contributed by atoms with E-state index >= 15 is 0 Å². The molecule has 1 atom stereocenters. The topological polar surface area (TPSA) is 84.9 Å². The van der Waals surface area contributed by atoms with E-state index in [1.54, 1.807) is 36.4 Å². The molecule has 2 aliphatic rings. The van der Waals surface area contributed by atoms with Gasteiger partial charge < -0.3 is 14.8 Å². The number of hydrogen-bond donors (Lipinski definition) is 1. The third-order valence-corrected chi connectivity index (χ3v) is 5.25. The lowest BCUT2D eigenvalue weighted by atomic mass is 10.1. The van der Waals surface area contributed by atoms with Gasteiger partial charge in [-0.05, 0) is 49.6 Å². The molecule has 1 N–H and O–H groups in total. The smallest absolute Gasteiger partial charge is 0.255 e. The van der Waals surface area contributed by atoms with Crippen LogP contribution in [0.5, 0.6) is 5.75 Å². The lowest BCUT2D eigenvalue weighted by Gasteiger charge is -2.23. The first-order valence-corrected chi connectivity index (χ1v) is 10.2. The molecule has 2 saturated heterocycles. The first-order valence-electron chi connectivity index (χ1n) is 10.2. The van der Waals surface area contributed by atoms with Gasteiger partial charge in [0.2, 0.25) is 11.8 Å². The number of anilines is 2. The number of nitrogens with one attached hydrogen (secondary N) is 1. The van der Waals surface area contributed by atoms with Gasteiger partial charge in [-0.15, -0.1) is 0 Å². The van der Waals surface area contributed by atoms with Gasteiger partial charge in [0.15, 0.2) is 0 Å². The molecule has 0 bridgehead atoms. The van der Waals surface area contributed by atoms with Crippen molar-refractivity contribution in [1.29, 1.82) is 0 Å². The molecule has 30 heavy (non-hydrogen) atoms. The predicted molar refractivity (Wildman–Crippen MR) is 112 cm³/mol. The Bertz CT molecular complexity index is 936. The lowest BCUT2D eigenvalue weighted by Crippen LogP contribution is -2.28. The van der Waals surface area contributed by atoms with Gasteiger partial charge >= 0.3 is 0 Å². The molecular weight excluding hydrogens is 384 g/mol. The van der Waals surface area contributed by atoms with Crippen molar-refractivity contribution < 1.29 is 23.9 Å². The van der Waals surface area contributed by atoms with Gasteiger partial charge in [0, 0.05) is 25.0 Å². The van der Waals surface area contributed by atoms with Crippen LogP contribution in [0.3, 0.4) is 0 Å². The minimum absolute atomic E-state index is 0.0646. The molecule has 0 radical (unpaired) electrons. The molecular formula is C23H24N2O5. The predicted octanol–water partition coefficient (Wildman–Crippen LogP) is 3.54. The van der Waals surface area contributed by atoms with Crippen LogP contribution in [0.4, 0.5) is 11.4 Å². The largest absolute Gasteiger partial charge is 0.489 e. The monoisotopic (exact) mass is 408 g/mol. The number of hydrogen-bond acceptors (Lipinski definition) is 5. The van der Waals surface area contributed by atoms with Gasteiger partial charge in [0.05, 0.1) is 17.5 Å². The second kappa shape index (κ2) is 9.09. The molecule has 2 fully saturated rings. The van der Waals surface area contributed by atoms with Gasteiger partial charge in [-0.2, -0.15) is 0 Å². The number of amides is 3. The van der Waals surface area contributed by atoms with E-state index < -0.39 is 0 Å². The Labute approximate surface area is 175 Å². The van der Waals surface area contributed by atoms with Crippen LogP contribution in [0.25, 0.3) is 0 Å². The summed E-state index contributed by atoms with van der Waals surface area (Å²) in [7, 11) is 0. The van der Waals surface area contributed by atoms with Crippen LogP contribution in [-0.2, 0) is 14.3 Å². The SMILES string of the molecule is O=C(Nc1ccccc1OCC1CCCCO1)c1cccc(N2C(=O)CCC2=O)c1. The molecule has 2 aromatic rings. The quantitative estimate of drug-likeness (QED) is 0.739. The molecule has 1 unspecified atom stereocenters. The van der Waals surface area contributed by atoms with E-state index in [2.05, 4.69) is 5.32 Å². The summed E-state index contributed by atoms with van der Waals surface area (Å²) in [6, 6.07) is 13.7. The third-order valence-electron chi connectivity index (χ3n) is 5.25. The summed E-state index contributed by atoms with van der Waals surface area (Å²) in [4.78, 5) is 37.9. The molecule has 7 nitrogen and oxygen atoms in total. The zero-order valence-electron chi connectivity index (χ0n) is 16.6. The highest BCUT2D eigenvalue weighted by atomic mass is 16.5. The van der Waals surface area contributed by atoms with Gasteiger partial charge in [0.25, 0.3) is 5.91 Å². The first-order chi connectivity index (χ1) is 14.6. The van der Waals surface area contributed by atoms with Crippen molar-refractivity contribution in [2.24, 2.45) is 0 Å². The summed E-state index contributed by atoms with van der Waals surface area (Å²) >= 11 is 0. The number of rotatable bonds is 6. The normalized spacial score (nSPS) is 19.1. The second-order valence-electron chi connectivity index (χ2n) is 7.42. The molecule has 3 amide bonds. The minimum atomic E-state index is -0.346. The maximum atomic E-state index is 12.8. The second-order valence-corrected chi connectivity index (χ2v) is 7.42. The maximum Gasteiger partial charge on any atom is 0.255 e. The van der Waals surface area contributed by atoms with Gasteiger partial charge in [0.1, 0.15) is 12.4 Å². The fourth-order valence-electron chi connectivity index (χ4n) is 3.66. The van der Waals surface area contributed by atoms with Crippen molar-refractivity contribution in [3.05, 3.63) is 54.1 Å². The molecule has 2 heterocycles. The highest BCUT2D eigenvalue weighted by Crippen LogP contribution is 2.27. The molecule has 156 valence electrons. The zero-order chi connectivity index (χ0) is 20.9. The number of nitrogens with zero attached hydrogens (tertiary/aromatic N) is 1. The van der Waals surface area contributed by atoms with Crippen LogP contribution in [-0.4, -0.2) is 37.0 Å². The van der Waals surface area contributed by atoms with Crippen molar-refractivity contribution in [3.8, 4) is 5.75 Å². The summed E-state index contributed by atoms with van der Waals surface area (Å²) in [6.45, 7) is 1.19. The van der Waals surface area contributed by atoms with E-state index in [4.69, 9.17) is 9.47 Å². The van der Waals surface area contributed by atoms with Crippen molar-refractivity contribution in [1.82, 2.24) is 0 Å². The van der Waals surface area contributed by atoms with Gasteiger partial charge in [-0.1, -0.05) is 18.2 Å². The number of carbonyl (C=O) groups is 3. The highest BCUT2D eigenvalue weighted by molar-refractivity contribution is 6.20. The van der Waals surface area contributed by atoms with Crippen molar-refractivity contribution in [2.45, 2.75) is 38.2 Å². The number of para-hydroxylation sites is 2. The third kappa shape index (κ3) is 4.52. The number of benzene rings is 2. The van der Waals surface area contributed by atoms with E-state index in [1.165, 1.54) is 0 Å². The summed E-state index contributed by atoms with van der Waals surface area (Å²) in [5.74, 6) is -0.274. The number of imide groups is 1. The molecule has 2 aliphatic heterocycles. The van der Waals surface area contributed by atoms with E-state index in [0.717, 1.165) is 30.8 Å². The lowest BCUT2D eigenvalue weighted by molar-refractivity contribution is -0.121. The molecule has 0 spiro atoms. The molecule has 7 heteroatoms. The zero-order valence-corrected chi connectivity index (χ0v) is 16.6. The fraction of sp³-hybridized carbons (Fsp3) is 0.348. The Morgan fingerprint density at radius 3 is 2.63 bits per heavy atom.